The summed E-state index contributed by atoms with van der Waals surface area (Å²) in [7, 11) is 0. The molecule has 100 valence electrons. The van der Waals surface area contributed by atoms with Crippen LogP contribution in [-0.2, 0) is 13.2 Å². The average Bonchev–Trinajstić information content (AvgIpc) is 2.41. The molecule has 1 heterocycles. The Labute approximate surface area is 110 Å². The van der Waals surface area contributed by atoms with Crippen molar-refractivity contribution >= 4 is 0 Å². The highest BCUT2D eigenvalue weighted by Crippen LogP contribution is 2.23. The fourth-order valence-electron chi connectivity index (χ4n) is 2.74. The monoisotopic (exact) mass is 248 g/mol. The second kappa shape index (κ2) is 6.32. The third-order valence-corrected chi connectivity index (χ3v) is 3.96. The topological polar surface area (TPSA) is 49.5 Å². The molecule has 1 aromatic rings. The molecule has 0 aromatic heterocycles. The van der Waals surface area contributed by atoms with Crippen LogP contribution in [0, 0.1) is 5.92 Å². The third kappa shape index (κ3) is 3.31. The molecule has 0 aliphatic carbocycles. The van der Waals surface area contributed by atoms with Gasteiger partial charge in [-0.3, -0.25) is 4.90 Å². The molecule has 18 heavy (non-hydrogen) atoms. The zero-order chi connectivity index (χ0) is 13.0. The maximum Gasteiger partial charge on any atom is 0.0681 e. The van der Waals surface area contributed by atoms with E-state index in [0.717, 1.165) is 31.1 Å². The van der Waals surface area contributed by atoms with Gasteiger partial charge in [0, 0.05) is 19.1 Å². The highest BCUT2D eigenvalue weighted by Gasteiger charge is 2.24. The molecule has 1 saturated heterocycles. The molecule has 0 amide bonds. The number of rotatable bonds is 4. The lowest BCUT2D eigenvalue weighted by Gasteiger charge is -2.38. The van der Waals surface area contributed by atoms with Crippen LogP contribution >= 0.6 is 0 Å². The summed E-state index contributed by atoms with van der Waals surface area (Å²) in [4.78, 5) is 2.49. The first-order valence-corrected chi connectivity index (χ1v) is 6.85. The molecule has 3 N–H and O–H groups in total. The highest BCUT2D eigenvalue weighted by atomic mass is 16.3. The second-order valence-corrected chi connectivity index (χ2v) is 5.46. The van der Waals surface area contributed by atoms with E-state index in [0.29, 0.717) is 6.04 Å². The molecule has 0 spiro atoms. The Kier molecular flexibility index (Phi) is 4.75. The number of likely N-dealkylation sites (tertiary alicyclic amines) is 1. The predicted molar refractivity (Wildman–Crippen MR) is 74.0 cm³/mol. The normalized spacial score (nSPS) is 25.3. The molecule has 0 bridgehead atoms. The van der Waals surface area contributed by atoms with E-state index in [9.17, 15) is 0 Å². The minimum Gasteiger partial charge on any atom is -0.392 e. The van der Waals surface area contributed by atoms with Crippen LogP contribution in [0.1, 0.15) is 30.9 Å². The Morgan fingerprint density at radius 2 is 1.94 bits per heavy atom. The molecule has 0 saturated carbocycles. The molecule has 1 aliphatic rings. The van der Waals surface area contributed by atoms with E-state index in [-0.39, 0.29) is 6.61 Å². The summed E-state index contributed by atoms with van der Waals surface area (Å²) in [5, 5.41) is 9.03. The molecule has 2 unspecified atom stereocenters. The van der Waals surface area contributed by atoms with E-state index in [4.69, 9.17) is 10.8 Å². The van der Waals surface area contributed by atoms with E-state index < -0.39 is 0 Å². The van der Waals surface area contributed by atoms with Crippen molar-refractivity contribution < 1.29 is 5.11 Å². The Morgan fingerprint density at radius 3 is 2.56 bits per heavy atom. The van der Waals surface area contributed by atoms with Crippen molar-refractivity contribution in [3.05, 3.63) is 35.4 Å². The fourth-order valence-corrected chi connectivity index (χ4v) is 2.74. The quantitative estimate of drug-likeness (QED) is 0.853. The van der Waals surface area contributed by atoms with Crippen molar-refractivity contribution in [2.75, 3.05) is 13.1 Å². The van der Waals surface area contributed by atoms with Gasteiger partial charge in [0.1, 0.15) is 0 Å². The first-order chi connectivity index (χ1) is 8.72. The highest BCUT2D eigenvalue weighted by molar-refractivity contribution is 5.22. The molecule has 0 radical (unpaired) electrons. The van der Waals surface area contributed by atoms with Gasteiger partial charge in [-0.05, 0) is 36.4 Å². The van der Waals surface area contributed by atoms with Gasteiger partial charge in [-0.2, -0.15) is 0 Å². The first-order valence-electron chi connectivity index (χ1n) is 6.85. The molecule has 2 rings (SSSR count). The largest absolute Gasteiger partial charge is 0.392 e. The molecule has 1 fully saturated rings. The van der Waals surface area contributed by atoms with E-state index in [1.165, 1.54) is 18.4 Å². The number of piperidine rings is 1. The van der Waals surface area contributed by atoms with E-state index >= 15 is 0 Å². The van der Waals surface area contributed by atoms with E-state index in [2.05, 4.69) is 24.0 Å². The van der Waals surface area contributed by atoms with Crippen molar-refractivity contribution in [1.82, 2.24) is 4.90 Å². The summed E-state index contributed by atoms with van der Waals surface area (Å²) in [5.41, 5.74) is 8.16. The SMILES string of the molecule is CC1CCN(Cc2ccc(CO)cc2)C(CN)C1. The van der Waals surface area contributed by atoms with Gasteiger partial charge in [-0.1, -0.05) is 31.2 Å². The van der Waals surface area contributed by atoms with Gasteiger partial charge in [-0.25, -0.2) is 0 Å². The standard InChI is InChI=1S/C15H24N2O/c1-12-6-7-17(15(8-12)9-16)10-13-2-4-14(11-18)5-3-13/h2-5,12,15,18H,6-11,16H2,1H3. The lowest BCUT2D eigenvalue weighted by atomic mass is 9.92. The van der Waals surface area contributed by atoms with Crippen LogP contribution in [0.3, 0.4) is 0 Å². The Morgan fingerprint density at radius 1 is 1.28 bits per heavy atom. The minimum absolute atomic E-state index is 0.118. The van der Waals surface area contributed by atoms with Gasteiger partial charge < -0.3 is 10.8 Å². The Balaban J connectivity index is 1.98. The van der Waals surface area contributed by atoms with Crippen molar-refractivity contribution in [3.63, 3.8) is 0 Å². The number of hydrogen-bond donors (Lipinski definition) is 2. The molecule has 3 heteroatoms. The molecule has 3 nitrogen and oxygen atoms in total. The fraction of sp³-hybridized carbons (Fsp3) is 0.600. The second-order valence-electron chi connectivity index (χ2n) is 5.46. The molecular weight excluding hydrogens is 224 g/mol. The molecule has 1 aromatic carbocycles. The van der Waals surface area contributed by atoms with Crippen molar-refractivity contribution in [3.8, 4) is 0 Å². The Hall–Kier alpha value is -0.900. The maximum absolute atomic E-state index is 9.03. The van der Waals surface area contributed by atoms with Gasteiger partial charge in [0.2, 0.25) is 0 Å². The number of nitrogens with zero attached hydrogens (tertiary/aromatic N) is 1. The number of nitrogens with two attached hydrogens (primary N) is 1. The molecular formula is C15H24N2O. The van der Waals surface area contributed by atoms with Gasteiger partial charge >= 0.3 is 0 Å². The lowest BCUT2D eigenvalue weighted by Crippen LogP contribution is -2.45. The number of hydrogen-bond acceptors (Lipinski definition) is 3. The Bertz CT molecular complexity index is 363. The smallest absolute Gasteiger partial charge is 0.0681 e. The summed E-state index contributed by atoms with van der Waals surface area (Å²) < 4.78 is 0. The number of aliphatic hydroxyl groups is 1. The van der Waals surface area contributed by atoms with Crippen molar-refractivity contribution in [1.29, 1.82) is 0 Å². The van der Waals surface area contributed by atoms with Crippen LogP contribution < -0.4 is 5.73 Å². The van der Waals surface area contributed by atoms with Crippen molar-refractivity contribution in [2.24, 2.45) is 11.7 Å². The van der Waals surface area contributed by atoms with Gasteiger partial charge in [0.05, 0.1) is 6.61 Å². The molecule has 2 atom stereocenters. The minimum atomic E-state index is 0.118. The van der Waals surface area contributed by atoms with Gasteiger partial charge in [0.25, 0.3) is 0 Å². The van der Waals surface area contributed by atoms with Crippen molar-refractivity contribution in [2.45, 2.75) is 39.0 Å². The van der Waals surface area contributed by atoms with Crippen LogP contribution in [0.15, 0.2) is 24.3 Å². The lowest BCUT2D eigenvalue weighted by molar-refractivity contribution is 0.115. The third-order valence-electron chi connectivity index (χ3n) is 3.96. The summed E-state index contributed by atoms with van der Waals surface area (Å²) in [6.07, 6.45) is 2.48. The molecule has 1 aliphatic heterocycles. The van der Waals surface area contributed by atoms with Crippen LogP contribution in [0.2, 0.25) is 0 Å². The van der Waals surface area contributed by atoms with Crippen LogP contribution in [0.25, 0.3) is 0 Å². The number of benzene rings is 1. The van der Waals surface area contributed by atoms with Crippen LogP contribution in [-0.4, -0.2) is 29.1 Å². The van der Waals surface area contributed by atoms with Crippen LogP contribution in [0.5, 0.6) is 0 Å². The first kappa shape index (κ1) is 13.5. The van der Waals surface area contributed by atoms with Crippen LogP contribution in [0.4, 0.5) is 0 Å². The summed E-state index contributed by atoms with van der Waals surface area (Å²) in [6, 6.07) is 8.74. The maximum atomic E-state index is 9.03. The summed E-state index contributed by atoms with van der Waals surface area (Å²) >= 11 is 0. The summed E-state index contributed by atoms with van der Waals surface area (Å²) in [5.74, 6) is 0.798. The van der Waals surface area contributed by atoms with Gasteiger partial charge in [-0.15, -0.1) is 0 Å². The average molecular weight is 248 g/mol. The zero-order valence-corrected chi connectivity index (χ0v) is 11.2. The zero-order valence-electron chi connectivity index (χ0n) is 11.2. The van der Waals surface area contributed by atoms with E-state index in [1.54, 1.807) is 0 Å². The predicted octanol–water partition coefficient (Wildman–Crippen LogP) is 1.74. The number of aliphatic hydroxyl groups excluding tert-OH is 1. The van der Waals surface area contributed by atoms with E-state index in [1.807, 2.05) is 12.1 Å². The summed E-state index contributed by atoms with van der Waals surface area (Å²) in [6.45, 7) is 5.30. The van der Waals surface area contributed by atoms with Gasteiger partial charge in [0.15, 0.2) is 0 Å².